The van der Waals surface area contributed by atoms with Crippen molar-refractivity contribution >= 4 is 22.6 Å². The molecule has 0 bridgehead atoms. The maximum absolute atomic E-state index is 4.62. The van der Waals surface area contributed by atoms with E-state index in [1.165, 1.54) is 16.8 Å². The van der Waals surface area contributed by atoms with E-state index in [9.17, 15) is 0 Å². The van der Waals surface area contributed by atoms with Gasteiger partial charge in [0.1, 0.15) is 0 Å². The van der Waals surface area contributed by atoms with Gasteiger partial charge in [-0.15, -0.1) is 0 Å². The largest absolute Gasteiger partial charge is 0.335 e. The Bertz CT molecular complexity index is 450. The number of nitrogens with one attached hydrogen (secondary N) is 1. The Morgan fingerprint density at radius 3 is 2.71 bits per heavy atom. The van der Waals surface area contributed by atoms with E-state index in [0.717, 1.165) is 17.5 Å². The summed E-state index contributed by atoms with van der Waals surface area (Å²) in [6.07, 6.45) is 0. The van der Waals surface area contributed by atoms with E-state index in [0.29, 0.717) is 5.41 Å². The molecular formula is C14H20N2S. The van der Waals surface area contributed by atoms with E-state index >= 15 is 0 Å². The van der Waals surface area contributed by atoms with Crippen LogP contribution in [0.3, 0.4) is 0 Å². The van der Waals surface area contributed by atoms with E-state index in [2.05, 4.69) is 56.2 Å². The van der Waals surface area contributed by atoms with E-state index in [1.54, 1.807) is 0 Å². The van der Waals surface area contributed by atoms with Crippen molar-refractivity contribution < 1.29 is 0 Å². The molecule has 0 aromatic heterocycles. The number of nitrogens with zero attached hydrogens (tertiary/aromatic N) is 1. The summed E-state index contributed by atoms with van der Waals surface area (Å²) < 4.78 is 0. The third-order valence-corrected chi connectivity index (χ3v) is 4.53. The molecule has 0 radical (unpaired) electrons. The molecule has 0 atom stereocenters. The highest BCUT2D eigenvalue weighted by atomic mass is 32.2. The zero-order valence-electron chi connectivity index (χ0n) is 11.0. The molecule has 2 rings (SSSR count). The molecule has 0 unspecified atom stereocenters. The van der Waals surface area contributed by atoms with Crippen LogP contribution in [0.4, 0.5) is 5.69 Å². The summed E-state index contributed by atoms with van der Waals surface area (Å²) in [5.74, 6) is 1.13. The number of hydrogen-bond donors (Lipinski definition) is 1. The average Bonchev–Trinajstić information content (AvgIpc) is 2.27. The first kappa shape index (κ1) is 12.5. The molecular weight excluding hydrogens is 228 g/mol. The second-order valence-electron chi connectivity index (χ2n) is 5.45. The Morgan fingerprint density at radius 1 is 1.29 bits per heavy atom. The van der Waals surface area contributed by atoms with Crippen LogP contribution in [-0.2, 0) is 0 Å². The molecule has 0 saturated heterocycles. The van der Waals surface area contributed by atoms with Crippen molar-refractivity contribution in [2.45, 2.75) is 27.7 Å². The molecule has 1 N–H and O–H groups in total. The van der Waals surface area contributed by atoms with Crippen molar-refractivity contribution in [1.82, 2.24) is 0 Å². The van der Waals surface area contributed by atoms with Crippen LogP contribution in [0, 0.1) is 19.3 Å². The molecule has 17 heavy (non-hydrogen) atoms. The summed E-state index contributed by atoms with van der Waals surface area (Å²) in [5, 5.41) is 4.49. The van der Waals surface area contributed by atoms with Crippen molar-refractivity contribution in [3.63, 3.8) is 0 Å². The van der Waals surface area contributed by atoms with Gasteiger partial charge < -0.3 is 5.32 Å². The Hall–Kier alpha value is -0.960. The van der Waals surface area contributed by atoms with Crippen LogP contribution < -0.4 is 5.32 Å². The Kier molecular flexibility index (Phi) is 3.48. The van der Waals surface area contributed by atoms with Crippen LogP contribution in [0.15, 0.2) is 23.2 Å². The average molecular weight is 248 g/mol. The SMILES string of the molecule is Cc1cccc(NC2=NCC(C)(C)CS2)c1C. The first-order valence-electron chi connectivity index (χ1n) is 5.98. The van der Waals surface area contributed by atoms with E-state index in [1.807, 2.05) is 11.8 Å². The smallest absolute Gasteiger partial charge is 0.161 e. The summed E-state index contributed by atoms with van der Waals surface area (Å²) in [6.45, 7) is 9.72. The number of thioether (sulfide) groups is 1. The van der Waals surface area contributed by atoms with Crippen molar-refractivity contribution in [2.24, 2.45) is 10.4 Å². The summed E-state index contributed by atoms with van der Waals surface area (Å²) >= 11 is 1.82. The summed E-state index contributed by atoms with van der Waals surface area (Å²) in [4.78, 5) is 4.62. The van der Waals surface area contributed by atoms with Crippen LogP contribution in [0.25, 0.3) is 0 Å². The van der Waals surface area contributed by atoms with Crippen LogP contribution in [0.5, 0.6) is 0 Å². The van der Waals surface area contributed by atoms with Crippen molar-refractivity contribution in [3.8, 4) is 0 Å². The van der Waals surface area contributed by atoms with Crippen LogP contribution in [0.2, 0.25) is 0 Å². The molecule has 1 aliphatic rings. The van der Waals surface area contributed by atoms with Gasteiger partial charge in [-0.3, -0.25) is 4.99 Å². The van der Waals surface area contributed by atoms with Gasteiger partial charge >= 0.3 is 0 Å². The minimum Gasteiger partial charge on any atom is -0.335 e. The lowest BCUT2D eigenvalue weighted by Crippen LogP contribution is -2.27. The Morgan fingerprint density at radius 2 is 2.06 bits per heavy atom. The first-order chi connectivity index (χ1) is 7.98. The number of aliphatic imine (C=N–C) groups is 1. The minimum atomic E-state index is 0.331. The van der Waals surface area contributed by atoms with Gasteiger partial charge in [0.05, 0.1) is 0 Å². The standard InChI is InChI=1S/C14H20N2S/c1-10-6-5-7-12(11(10)2)16-13-15-8-14(3,4)9-17-13/h5-7H,8-9H2,1-4H3,(H,15,16). The molecule has 0 fully saturated rings. The normalized spacial score (nSPS) is 18.7. The first-order valence-corrected chi connectivity index (χ1v) is 6.97. The van der Waals surface area contributed by atoms with Gasteiger partial charge in [0.25, 0.3) is 0 Å². The van der Waals surface area contributed by atoms with E-state index < -0.39 is 0 Å². The minimum absolute atomic E-state index is 0.331. The molecule has 0 amide bonds. The summed E-state index contributed by atoms with van der Waals surface area (Å²) in [5.41, 5.74) is 4.13. The molecule has 0 saturated carbocycles. The maximum Gasteiger partial charge on any atom is 0.161 e. The molecule has 0 spiro atoms. The molecule has 1 aromatic rings. The van der Waals surface area contributed by atoms with Crippen LogP contribution >= 0.6 is 11.8 Å². The van der Waals surface area contributed by atoms with Gasteiger partial charge in [0, 0.05) is 18.0 Å². The molecule has 1 aliphatic heterocycles. The molecule has 92 valence electrons. The highest BCUT2D eigenvalue weighted by molar-refractivity contribution is 8.14. The fraction of sp³-hybridized carbons (Fsp3) is 0.500. The van der Waals surface area contributed by atoms with Gasteiger partial charge in [-0.2, -0.15) is 0 Å². The van der Waals surface area contributed by atoms with Crippen molar-refractivity contribution in [3.05, 3.63) is 29.3 Å². The molecule has 0 aliphatic carbocycles. The lowest BCUT2D eigenvalue weighted by molar-refractivity contribution is 0.438. The Balaban J connectivity index is 2.12. The third-order valence-electron chi connectivity index (χ3n) is 3.10. The molecule has 3 heteroatoms. The van der Waals surface area contributed by atoms with Crippen LogP contribution in [0.1, 0.15) is 25.0 Å². The summed E-state index contributed by atoms with van der Waals surface area (Å²) in [7, 11) is 0. The molecule has 1 heterocycles. The highest BCUT2D eigenvalue weighted by Crippen LogP contribution is 2.29. The predicted molar refractivity (Wildman–Crippen MR) is 78.1 cm³/mol. The summed E-state index contributed by atoms with van der Waals surface area (Å²) in [6, 6.07) is 6.34. The molecule has 1 aromatic carbocycles. The quantitative estimate of drug-likeness (QED) is 0.816. The van der Waals surface area contributed by atoms with Crippen LogP contribution in [-0.4, -0.2) is 17.5 Å². The third kappa shape index (κ3) is 3.03. The topological polar surface area (TPSA) is 24.4 Å². The number of benzene rings is 1. The van der Waals surface area contributed by atoms with Crippen molar-refractivity contribution in [2.75, 3.05) is 17.6 Å². The second kappa shape index (κ2) is 4.73. The van der Waals surface area contributed by atoms with Gasteiger partial charge in [-0.25, -0.2) is 0 Å². The zero-order chi connectivity index (χ0) is 12.5. The lowest BCUT2D eigenvalue weighted by Gasteiger charge is -2.27. The molecule has 2 nitrogen and oxygen atoms in total. The Labute approximate surface area is 108 Å². The second-order valence-corrected chi connectivity index (χ2v) is 6.41. The van der Waals surface area contributed by atoms with Gasteiger partial charge in [-0.1, -0.05) is 37.7 Å². The van der Waals surface area contributed by atoms with E-state index in [-0.39, 0.29) is 0 Å². The van der Waals surface area contributed by atoms with E-state index in [4.69, 9.17) is 0 Å². The fourth-order valence-corrected chi connectivity index (χ4v) is 2.67. The number of amidine groups is 1. The lowest BCUT2D eigenvalue weighted by atomic mass is 9.97. The van der Waals surface area contributed by atoms with Crippen molar-refractivity contribution in [1.29, 1.82) is 0 Å². The number of anilines is 1. The maximum atomic E-state index is 4.62. The number of rotatable bonds is 1. The number of aryl methyl sites for hydroxylation is 1. The number of hydrogen-bond acceptors (Lipinski definition) is 3. The monoisotopic (exact) mass is 248 g/mol. The highest BCUT2D eigenvalue weighted by Gasteiger charge is 2.23. The van der Waals surface area contributed by atoms with Gasteiger partial charge in [0.15, 0.2) is 5.17 Å². The van der Waals surface area contributed by atoms with Gasteiger partial charge in [-0.05, 0) is 36.5 Å². The fourth-order valence-electron chi connectivity index (χ4n) is 1.72. The van der Waals surface area contributed by atoms with Gasteiger partial charge in [0.2, 0.25) is 0 Å². The zero-order valence-corrected chi connectivity index (χ0v) is 11.8. The predicted octanol–water partition coefficient (Wildman–Crippen LogP) is 3.84.